The fourth-order valence-corrected chi connectivity index (χ4v) is 3.66. The number of hydrogen-bond acceptors (Lipinski definition) is 2. The lowest BCUT2D eigenvalue weighted by atomic mass is 10.0. The van der Waals surface area contributed by atoms with E-state index in [4.69, 9.17) is 0 Å². The van der Waals surface area contributed by atoms with Gasteiger partial charge in [0.25, 0.3) is 5.91 Å². The zero-order valence-electron chi connectivity index (χ0n) is 15.0. The molecule has 0 aliphatic heterocycles. The minimum atomic E-state index is -0.0518. The molecule has 0 radical (unpaired) electrons. The van der Waals surface area contributed by atoms with Crippen LogP contribution < -0.4 is 5.32 Å². The van der Waals surface area contributed by atoms with Crippen LogP contribution in [0.4, 0.5) is 0 Å². The van der Waals surface area contributed by atoms with Crippen LogP contribution in [0.15, 0.2) is 72.9 Å². The molecule has 0 unspecified atom stereocenters. The SMILES string of the molecule is O=C(NCc1ccnc2ccccc12)c1ccc2cc(C3CC3)ccc2c1. The minimum Gasteiger partial charge on any atom is -0.348 e. The standard InChI is InChI=1S/C24H20N2O/c27-24(26-15-21-11-12-25-23-4-2-1-3-22(21)23)20-10-9-18-13-17(16-5-6-16)7-8-19(18)14-20/h1-4,7-14,16H,5-6,15H2,(H,26,27). The molecule has 1 aromatic heterocycles. The molecule has 132 valence electrons. The Balaban J connectivity index is 1.36. The number of rotatable bonds is 4. The van der Waals surface area contributed by atoms with Crippen molar-refractivity contribution in [2.24, 2.45) is 0 Å². The summed E-state index contributed by atoms with van der Waals surface area (Å²) in [6.07, 6.45) is 4.39. The number of nitrogens with zero attached hydrogens (tertiary/aromatic N) is 1. The lowest BCUT2D eigenvalue weighted by Gasteiger charge is -2.09. The van der Waals surface area contributed by atoms with Gasteiger partial charge >= 0.3 is 0 Å². The lowest BCUT2D eigenvalue weighted by Crippen LogP contribution is -2.22. The number of amides is 1. The number of carbonyl (C=O) groups is 1. The van der Waals surface area contributed by atoms with Crippen molar-refractivity contribution in [3.63, 3.8) is 0 Å². The Morgan fingerprint density at radius 1 is 0.963 bits per heavy atom. The Hall–Kier alpha value is -3.20. The van der Waals surface area contributed by atoms with Crippen molar-refractivity contribution in [1.82, 2.24) is 10.3 Å². The van der Waals surface area contributed by atoms with Gasteiger partial charge in [-0.2, -0.15) is 0 Å². The van der Waals surface area contributed by atoms with E-state index in [1.165, 1.54) is 23.8 Å². The highest BCUT2D eigenvalue weighted by Gasteiger charge is 2.23. The van der Waals surface area contributed by atoms with Gasteiger partial charge in [0.15, 0.2) is 0 Å². The normalized spacial score (nSPS) is 13.8. The number of para-hydroxylation sites is 1. The van der Waals surface area contributed by atoms with E-state index in [1.807, 2.05) is 42.5 Å². The first-order valence-corrected chi connectivity index (χ1v) is 9.42. The Morgan fingerprint density at radius 3 is 2.67 bits per heavy atom. The van der Waals surface area contributed by atoms with Crippen molar-refractivity contribution in [1.29, 1.82) is 0 Å². The largest absolute Gasteiger partial charge is 0.348 e. The fourth-order valence-electron chi connectivity index (χ4n) is 3.66. The van der Waals surface area contributed by atoms with Gasteiger partial charge in [-0.05, 0) is 64.9 Å². The molecule has 3 heteroatoms. The predicted molar refractivity (Wildman–Crippen MR) is 109 cm³/mol. The Morgan fingerprint density at radius 2 is 1.78 bits per heavy atom. The van der Waals surface area contributed by atoms with Gasteiger partial charge in [-0.15, -0.1) is 0 Å². The highest BCUT2D eigenvalue weighted by Crippen LogP contribution is 2.40. The maximum absolute atomic E-state index is 12.7. The van der Waals surface area contributed by atoms with Crippen LogP contribution in [-0.4, -0.2) is 10.9 Å². The number of fused-ring (bicyclic) bond motifs is 2. The van der Waals surface area contributed by atoms with Crippen LogP contribution in [0.5, 0.6) is 0 Å². The molecule has 27 heavy (non-hydrogen) atoms. The molecule has 5 rings (SSSR count). The third kappa shape index (κ3) is 3.17. The molecular formula is C24H20N2O. The number of nitrogens with one attached hydrogen (secondary N) is 1. The molecule has 0 saturated heterocycles. The van der Waals surface area contributed by atoms with E-state index in [0.29, 0.717) is 12.1 Å². The summed E-state index contributed by atoms with van der Waals surface area (Å²) >= 11 is 0. The molecule has 0 spiro atoms. The zero-order valence-corrected chi connectivity index (χ0v) is 15.0. The number of carbonyl (C=O) groups excluding carboxylic acids is 1. The van der Waals surface area contributed by atoms with Gasteiger partial charge < -0.3 is 5.32 Å². The minimum absolute atomic E-state index is 0.0518. The molecular weight excluding hydrogens is 332 g/mol. The molecule has 3 aromatic carbocycles. The second-order valence-corrected chi connectivity index (χ2v) is 7.27. The first-order valence-electron chi connectivity index (χ1n) is 9.42. The van der Waals surface area contributed by atoms with E-state index < -0.39 is 0 Å². The first kappa shape index (κ1) is 16.0. The fraction of sp³-hybridized carbons (Fsp3) is 0.167. The van der Waals surface area contributed by atoms with Gasteiger partial charge in [0.05, 0.1) is 5.52 Å². The molecule has 1 heterocycles. The summed E-state index contributed by atoms with van der Waals surface area (Å²) in [5.41, 5.74) is 4.13. The van der Waals surface area contributed by atoms with Gasteiger partial charge in [-0.25, -0.2) is 0 Å². The molecule has 4 aromatic rings. The average Bonchev–Trinajstić information content (AvgIpc) is 3.56. The summed E-state index contributed by atoms with van der Waals surface area (Å²) in [4.78, 5) is 17.0. The highest BCUT2D eigenvalue weighted by atomic mass is 16.1. The van der Waals surface area contributed by atoms with Crippen LogP contribution in [0.1, 0.15) is 40.2 Å². The van der Waals surface area contributed by atoms with Gasteiger partial charge in [0.1, 0.15) is 0 Å². The second-order valence-electron chi connectivity index (χ2n) is 7.27. The summed E-state index contributed by atoms with van der Waals surface area (Å²) in [6, 6.07) is 22.5. The monoisotopic (exact) mass is 352 g/mol. The van der Waals surface area contributed by atoms with E-state index in [9.17, 15) is 4.79 Å². The van der Waals surface area contributed by atoms with E-state index in [1.54, 1.807) is 6.20 Å². The van der Waals surface area contributed by atoms with Crippen molar-refractivity contribution in [2.45, 2.75) is 25.3 Å². The van der Waals surface area contributed by atoms with E-state index in [2.05, 4.69) is 34.6 Å². The van der Waals surface area contributed by atoms with Crippen LogP contribution in [0, 0.1) is 0 Å². The lowest BCUT2D eigenvalue weighted by molar-refractivity contribution is 0.0951. The number of pyridine rings is 1. The van der Waals surface area contributed by atoms with E-state index >= 15 is 0 Å². The number of hydrogen-bond donors (Lipinski definition) is 1. The van der Waals surface area contributed by atoms with Crippen molar-refractivity contribution in [3.05, 3.63) is 89.6 Å². The van der Waals surface area contributed by atoms with Crippen molar-refractivity contribution >= 4 is 27.6 Å². The van der Waals surface area contributed by atoms with E-state index in [-0.39, 0.29) is 5.91 Å². The van der Waals surface area contributed by atoms with Gasteiger partial charge in [0.2, 0.25) is 0 Å². The summed E-state index contributed by atoms with van der Waals surface area (Å²) in [6.45, 7) is 0.487. The average molecular weight is 352 g/mol. The zero-order chi connectivity index (χ0) is 18.2. The molecule has 1 aliphatic rings. The first-order chi connectivity index (χ1) is 13.3. The third-order valence-electron chi connectivity index (χ3n) is 5.35. The maximum Gasteiger partial charge on any atom is 0.251 e. The third-order valence-corrected chi connectivity index (χ3v) is 5.35. The van der Waals surface area contributed by atoms with Crippen LogP contribution in [0.2, 0.25) is 0 Å². The Labute approximate surface area is 158 Å². The van der Waals surface area contributed by atoms with Gasteiger partial charge in [-0.1, -0.05) is 42.5 Å². The van der Waals surface area contributed by atoms with Crippen LogP contribution >= 0.6 is 0 Å². The summed E-state index contributed by atoms with van der Waals surface area (Å²) < 4.78 is 0. The predicted octanol–water partition coefficient (Wildman–Crippen LogP) is 5.20. The topological polar surface area (TPSA) is 42.0 Å². The highest BCUT2D eigenvalue weighted by molar-refractivity contribution is 5.99. The van der Waals surface area contributed by atoms with Gasteiger partial charge in [0, 0.05) is 23.7 Å². The molecule has 1 fully saturated rings. The second kappa shape index (κ2) is 6.51. The Bertz CT molecular complexity index is 1160. The Kier molecular flexibility index (Phi) is 3.86. The maximum atomic E-state index is 12.7. The summed E-state index contributed by atoms with van der Waals surface area (Å²) in [5, 5.41) is 6.44. The van der Waals surface area contributed by atoms with Crippen LogP contribution in [0.25, 0.3) is 21.7 Å². The smallest absolute Gasteiger partial charge is 0.251 e. The summed E-state index contributed by atoms with van der Waals surface area (Å²) in [5.74, 6) is 0.691. The number of benzene rings is 3. The molecule has 1 saturated carbocycles. The molecule has 1 aliphatic carbocycles. The summed E-state index contributed by atoms with van der Waals surface area (Å²) in [7, 11) is 0. The quantitative estimate of drug-likeness (QED) is 0.549. The van der Waals surface area contributed by atoms with Crippen molar-refractivity contribution in [2.75, 3.05) is 0 Å². The van der Waals surface area contributed by atoms with Crippen LogP contribution in [-0.2, 0) is 6.54 Å². The van der Waals surface area contributed by atoms with Crippen molar-refractivity contribution < 1.29 is 4.79 Å². The van der Waals surface area contributed by atoms with Crippen molar-refractivity contribution in [3.8, 4) is 0 Å². The molecule has 1 N–H and O–H groups in total. The molecule has 3 nitrogen and oxygen atoms in total. The van der Waals surface area contributed by atoms with Crippen LogP contribution in [0.3, 0.4) is 0 Å². The van der Waals surface area contributed by atoms with E-state index in [0.717, 1.165) is 27.8 Å². The van der Waals surface area contributed by atoms with Gasteiger partial charge in [-0.3, -0.25) is 9.78 Å². The number of aromatic nitrogens is 1. The molecule has 0 bridgehead atoms. The molecule has 1 amide bonds. The molecule has 0 atom stereocenters.